The third kappa shape index (κ3) is 30.7. The van der Waals surface area contributed by atoms with Gasteiger partial charge in [0, 0.05) is 6.42 Å². The van der Waals surface area contributed by atoms with E-state index in [1.807, 2.05) is 21.1 Å². The van der Waals surface area contributed by atoms with E-state index >= 15 is 0 Å². The van der Waals surface area contributed by atoms with Crippen LogP contribution in [-0.2, 0) is 23.1 Å². The third-order valence-electron chi connectivity index (χ3n) is 5.47. The molecule has 0 radical (unpaired) electrons. The van der Waals surface area contributed by atoms with E-state index in [1.54, 1.807) is 0 Å². The van der Waals surface area contributed by atoms with Crippen molar-refractivity contribution < 1.29 is 37.6 Å². The molecule has 0 saturated heterocycles. The Balaban J connectivity index is 3.73. The van der Waals surface area contributed by atoms with Gasteiger partial charge < -0.3 is 28.3 Å². The van der Waals surface area contributed by atoms with E-state index in [1.165, 1.54) is 0 Å². The predicted octanol–water partition coefficient (Wildman–Crippen LogP) is 6.36. The first-order chi connectivity index (χ1) is 19.6. The van der Waals surface area contributed by atoms with Crippen LogP contribution in [0, 0.1) is 0 Å². The van der Waals surface area contributed by atoms with Crippen molar-refractivity contribution in [1.29, 1.82) is 0 Å². The maximum atomic E-state index is 11.8. The number of ether oxygens (including phenoxy) is 1. The van der Waals surface area contributed by atoms with Crippen LogP contribution in [0.4, 0.5) is 0 Å². The highest BCUT2D eigenvalue weighted by atomic mass is 31.2. The second-order valence-electron chi connectivity index (χ2n) is 10.6. The molecule has 0 aliphatic carbocycles. The number of carbonyl (C=O) groups is 1. The van der Waals surface area contributed by atoms with Gasteiger partial charge in [0.15, 0.2) is 0 Å². The molecule has 0 aromatic carbocycles. The summed E-state index contributed by atoms with van der Waals surface area (Å²) in [6.07, 6.45) is 33.3. The first kappa shape index (κ1) is 38.9. The summed E-state index contributed by atoms with van der Waals surface area (Å²) in [5, 5.41) is 9.82. The highest BCUT2D eigenvalue weighted by molar-refractivity contribution is 7.45. The second kappa shape index (κ2) is 25.6. The Morgan fingerprint density at radius 3 is 1.76 bits per heavy atom. The monoisotopic (exact) mass is 595 g/mol. The normalized spacial score (nSPS) is 15.4. The minimum absolute atomic E-state index is 0.0199. The molecule has 0 rings (SSSR count). The molecule has 0 heterocycles. The van der Waals surface area contributed by atoms with Gasteiger partial charge in [-0.2, -0.15) is 0 Å². The fourth-order valence-electron chi connectivity index (χ4n) is 3.12. The van der Waals surface area contributed by atoms with Crippen LogP contribution < -0.4 is 4.89 Å². The van der Waals surface area contributed by atoms with E-state index in [9.17, 15) is 19.4 Å². The number of quaternary nitrogens is 1. The summed E-state index contributed by atoms with van der Waals surface area (Å²) in [6, 6.07) is 0. The Morgan fingerprint density at radius 1 is 0.780 bits per heavy atom. The smallest absolute Gasteiger partial charge is 0.305 e. The molecule has 0 bridgehead atoms. The van der Waals surface area contributed by atoms with Crippen LogP contribution in [0.5, 0.6) is 0 Å². The second-order valence-corrected chi connectivity index (χ2v) is 12.0. The van der Waals surface area contributed by atoms with Gasteiger partial charge in [0.1, 0.15) is 25.9 Å². The molecule has 0 aliphatic rings. The fourth-order valence-corrected chi connectivity index (χ4v) is 3.86. The minimum Gasteiger partial charge on any atom is -0.756 e. The lowest BCUT2D eigenvalue weighted by Gasteiger charge is -2.27. The molecule has 0 aromatic rings. The lowest BCUT2D eigenvalue weighted by Crippen LogP contribution is -2.37. The van der Waals surface area contributed by atoms with E-state index in [4.69, 9.17) is 9.26 Å². The highest BCUT2D eigenvalue weighted by Gasteiger charge is 2.16. The number of allylic oxidation sites excluding steroid dienone is 12. The summed E-state index contributed by atoms with van der Waals surface area (Å²) >= 11 is 0. The predicted molar refractivity (Wildman–Crippen MR) is 166 cm³/mol. The van der Waals surface area contributed by atoms with Gasteiger partial charge in [-0.25, -0.2) is 0 Å². The van der Waals surface area contributed by atoms with E-state index in [0.29, 0.717) is 17.4 Å². The van der Waals surface area contributed by atoms with Crippen LogP contribution in [0.3, 0.4) is 0 Å². The number of aliphatic hydroxyl groups is 1. The number of esters is 1. The zero-order valence-corrected chi connectivity index (χ0v) is 26.6. The topological polar surface area (TPSA) is 105 Å². The van der Waals surface area contributed by atoms with Crippen molar-refractivity contribution in [3.05, 3.63) is 72.9 Å². The summed E-state index contributed by atoms with van der Waals surface area (Å²) in [4.78, 5) is 23.5. The number of aliphatic hydroxyl groups excluding tert-OH is 1. The number of phosphoric ester groups is 1. The quantitative estimate of drug-likeness (QED) is 0.0431. The molecule has 0 amide bonds. The number of carbonyl (C=O) groups excluding carboxylic acids is 1. The number of phosphoric acid groups is 1. The van der Waals surface area contributed by atoms with Gasteiger partial charge >= 0.3 is 5.97 Å². The molecule has 0 fully saturated rings. The Labute approximate surface area is 249 Å². The van der Waals surface area contributed by atoms with Crippen molar-refractivity contribution in [2.24, 2.45) is 0 Å². The van der Waals surface area contributed by atoms with Crippen LogP contribution in [0.25, 0.3) is 0 Å². The first-order valence-corrected chi connectivity index (χ1v) is 16.2. The van der Waals surface area contributed by atoms with Crippen LogP contribution in [-0.4, -0.2) is 69.2 Å². The number of unbranched alkanes of at least 4 members (excludes halogenated alkanes) is 2. The molecule has 0 saturated carbocycles. The zero-order chi connectivity index (χ0) is 30.7. The molecule has 0 aromatic heterocycles. The molecule has 2 atom stereocenters. The molecule has 0 spiro atoms. The lowest BCUT2D eigenvalue weighted by atomic mass is 10.2. The molecule has 2 unspecified atom stereocenters. The van der Waals surface area contributed by atoms with Crippen LogP contribution in [0.15, 0.2) is 72.9 Å². The van der Waals surface area contributed by atoms with Crippen LogP contribution in [0.1, 0.15) is 71.1 Å². The summed E-state index contributed by atoms with van der Waals surface area (Å²) in [6.45, 7) is 1.75. The molecule has 8 nitrogen and oxygen atoms in total. The SMILES string of the molecule is CC/C=C\C/C=C\C/C=C\C/C=C\C/C=C\C/C=C\CCCCC(=O)OCC(O)COP(=O)([O-])OCC[N+](C)(C)C. The van der Waals surface area contributed by atoms with Gasteiger partial charge in [-0.1, -0.05) is 79.8 Å². The van der Waals surface area contributed by atoms with Gasteiger partial charge in [0.2, 0.25) is 0 Å². The minimum atomic E-state index is -4.51. The molecule has 234 valence electrons. The molecule has 9 heteroatoms. The van der Waals surface area contributed by atoms with Crippen molar-refractivity contribution in [2.45, 2.75) is 77.2 Å². The fraction of sp³-hybridized carbons (Fsp3) is 0.594. The number of hydrogen-bond donors (Lipinski definition) is 1. The van der Waals surface area contributed by atoms with Crippen molar-refractivity contribution in [3.63, 3.8) is 0 Å². The Bertz CT molecular complexity index is 885. The average Bonchev–Trinajstić information content (AvgIpc) is 2.90. The molecular formula is C32H54NO7P. The van der Waals surface area contributed by atoms with E-state index < -0.39 is 26.5 Å². The van der Waals surface area contributed by atoms with Crippen molar-refractivity contribution in [2.75, 3.05) is 47.5 Å². The van der Waals surface area contributed by atoms with Gasteiger partial charge in [0.25, 0.3) is 7.82 Å². The van der Waals surface area contributed by atoms with Gasteiger partial charge in [-0.15, -0.1) is 0 Å². The number of nitrogens with zero attached hydrogens (tertiary/aromatic N) is 1. The van der Waals surface area contributed by atoms with E-state index in [0.717, 1.165) is 51.4 Å². The Hall–Kier alpha value is -2.06. The number of rotatable bonds is 25. The van der Waals surface area contributed by atoms with Gasteiger partial charge in [-0.3, -0.25) is 9.36 Å². The summed E-state index contributed by atoms with van der Waals surface area (Å²) in [5.74, 6) is -0.434. The van der Waals surface area contributed by atoms with Gasteiger partial charge in [-0.05, 0) is 57.8 Å². The Morgan fingerprint density at radius 2 is 1.27 bits per heavy atom. The van der Waals surface area contributed by atoms with E-state index in [-0.39, 0.29) is 19.6 Å². The molecule has 0 aliphatic heterocycles. The van der Waals surface area contributed by atoms with Crippen molar-refractivity contribution in [3.8, 4) is 0 Å². The summed E-state index contributed by atoms with van der Waals surface area (Å²) in [5.41, 5.74) is 0. The number of hydrogen-bond acceptors (Lipinski definition) is 7. The zero-order valence-electron chi connectivity index (χ0n) is 25.7. The third-order valence-corrected chi connectivity index (χ3v) is 6.44. The average molecular weight is 596 g/mol. The summed E-state index contributed by atoms with van der Waals surface area (Å²) < 4.78 is 26.7. The van der Waals surface area contributed by atoms with Crippen LogP contribution >= 0.6 is 7.82 Å². The highest BCUT2D eigenvalue weighted by Crippen LogP contribution is 2.38. The molecule has 41 heavy (non-hydrogen) atoms. The summed E-state index contributed by atoms with van der Waals surface area (Å²) in [7, 11) is 1.21. The standard InChI is InChI=1S/C32H54NO7P/c1-5-6-7-8-9-10-11-12-13-14-15-16-17-18-19-20-21-22-23-24-25-26-32(35)38-29-31(34)30-40-41(36,37)39-28-27-33(2,3)4/h6-7,9-10,12-13,15-16,18-19,21-22,31,34H,5,8,11,14,17,20,23-30H2,1-4H3/b7-6-,10-9-,13-12-,16-15-,19-18-,22-21-. The molecule has 1 N–H and O–H groups in total. The first-order valence-electron chi connectivity index (χ1n) is 14.7. The maximum Gasteiger partial charge on any atom is 0.305 e. The Kier molecular flexibility index (Phi) is 24.3. The molecular weight excluding hydrogens is 541 g/mol. The lowest BCUT2D eigenvalue weighted by molar-refractivity contribution is -0.870. The van der Waals surface area contributed by atoms with Gasteiger partial charge in [0.05, 0.1) is 27.7 Å². The van der Waals surface area contributed by atoms with E-state index in [2.05, 4.69) is 84.4 Å². The van der Waals surface area contributed by atoms with Crippen molar-refractivity contribution in [1.82, 2.24) is 0 Å². The van der Waals surface area contributed by atoms with Crippen LogP contribution in [0.2, 0.25) is 0 Å². The number of likely N-dealkylation sites (N-methyl/N-ethyl adjacent to an activating group) is 1. The maximum absolute atomic E-state index is 11.8. The largest absolute Gasteiger partial charge is 0.756 e. The van der Waals surface area contributed by atoms with Crippen molar-refractivity contribution >= 4 is 13.8 Å².